The second-order valence-electron chi connectivity index (χ2n) is 4.62. The lowest BCUT2D eigenvalue weighted by Crippen LogP contribution is -2.46. The summed E-state index contributed by atoms with van der Waals surface area (Å²) < 4.78 is 4.73. The first-order valence-corrected chi connectivity index (χ1v) is 6.49. The second kappa shape index (κ2) is 7.56. The highest BCUT2D eigenvalue weighted by atomic mass is 16.5. The Balaban J connectivity index is 2.64. The number of carbonyl (C=O) groups excluding carboxylic acids is 2. The number of hydrogen-bond acceptors (Lipinski definition) is 3. The van der Waals surface area contributed by atoms with E-state index in [1.165, 1.54) is 7.11 Å². The zero-order chi connectivity index (χ0) is 14.3. The molecule has 0 fully saturated rings. The molecule has 0 heterocycles. The molecule has 19 heavy (non-hydrogen) atoms. The van der Waals surface area contributed by atoms with Crippen LogP contribution in [-0.2, 0) is 20.7 Å². The van der Waals surface area contributed by atoms with E-state index in [1.807, 2.05) is 44.2 Å². The highest BCUT2D eigenvalue weighted by Gasteiger charge is 2.26. The molecule has 0 radical (unpaired) electrons. The monoisotopic (exact) mass is 263 g/mol. The zero-order valence-corrected chi connectivity index (χ0v) is 11.7. The fourth-order valence-electron chi connectivity index (χ4n) is 1.80. The van der Waals surface area contributed by atoms with Crippen LogP contribution < -0.4 is 5.32 Å². The first-order valence-electron chi connectivity index (χ1n) is 6.49. The summed E-state index contributed by atoms with van der Waals surface area (Å²) in [6, 6.07) is 8.86. The quantitative estimate of drug-likeness (QED) is 0.798. The number of methoxy groups -OCH3 is 1. The Hall–Kier alpha value is -1.84. The average Bonchev–Trinajstić information content (AvgIpc) is 2.44. The maximum absolute atomic E-state index is 11.9. The summed E-state index contributed by atoms with van der Waals surface area (Å²) in [5.74, 6) is -0.509. The van der Waals surface area contributed by atoms with Gasteiger partial charge in [-0.1, -0.05) is 50.6 Å². The van der Waals surface area contributed by atoms with Gasteiger partial charge in [0.15, 0.2) is 0 Å². The zero-order valence-electron chi connectivity index (χ0n) is 11.7. The lowest BCUT2D eigenvalue weighted by Gasteiger charge is -2.21. The number of esters is 1. The summed E-state index contributed by atoms with van der Waals surface area (Å²) in [4.78, 5) is 23.6. The minimum absolute atomic E-state index is 0.0483. The van der Waals surface area contributed by atoms with Crippen LogP contribution in [0.3, 0.4) is 0 Å². The molecule has 1 aromatic rings. The number of carbonyl (C=O) groups is 2. The summed E-state index contributed by atoms with van der Waals surface area (Å²) in [7, 11) is 1.33. The number of hydrogen-bond donors (Lipinski definition) is 1. The van der Waals surface area contributed by atoms with Gasteiger partial charge in [-0.3, -0.25) is 4.79 Å². The topological polar surface area (TPSA) is 55.4 Å². The summed E-state index contributed by atoms with van der Waals surface area (Å²) in [6.45, 7) is 3.90. The third-order valence-electron chi connectivity index (χ3n) is 3.19. The second-order valence-corrected chi connectivity index (χ2v) is 4.62. The van der Waals surface area contributed by atoms with E-state index in [0.717, 1.165) is 12.0 Å². The molecule has 104 valence electrons. The molecule has 1 amide bonds. The maximum atomic E-state index is 11.9. The Morgan fingerprint density at radius 3 is 2.42 bits per heavy atom. The first-order chi connectivity index (χ1) is 9.08. The van der Waals surface area contributed by atoms with E-state index >= 15 is 0 Å². The van der Waals surface area contributed by atoms with Gasteiger partial charge in [-0.25, -0.2) is 4.79 Å². The van der Waals surface area contributed by atoms with E-state index in [2.05, 4.69) is 5.32 Å². The van der Waals surface area contributed by atoms with Crippen molar-refractivity contribution in [1.82, 2.24) is 5.32 Å². The summed E-state index contributed by atoms with van der Waals surface area (Å²) >= 11 is 0. The van der Waals surface area contributed by atoms with E-state index in [1.54, 1.807) is 0 Å². The number of amides is 1. The van der Waals surface area contributed by atoms with Crippen molar-refractivity contribution in [3.8, 4) is 0 Å². The van der Waals surface area contributed by atoms with Crippen molar-refractivity contribution < 1.29 is 14.3 Å². The predicted octanol–water partition coefficient (Wildman–Crippen LogP) is 1.93. The molecule has 0 aromatic heterocycles. The Morgan fingerprint density at radius 1 is 1.26 bits per heavy atom. The maximum Gasteiger partial charge on any atom is 0.328 e. The largest absolute Gasteiger partial charge is 0.467 e. The third-order valence-corrected chi connectivity index (χ3v) is 3.19. The van der Waals surface area contributed by atoms with Gasteiger partial charge in [0, 0.05) is 0 Å². The van der Waals surface area contributed by atoms with Crippen LogP contribution in [0, 0.1) is 5.92 Å². The Morgan fingerprint density at radius 2 is 1.89 bits per heavy atom. The molecule has 0 saturated heterocycles. The molecule has 0 aliphatic carbocycles. The predicted molar refractivity (Wildman–Crippen MR) is 73.5 cm³/mol. The fourth-order valence-corrected chi connectivity index (χ4v) is 1.80. The van der Waals surface area contributed by atoms with Crippen LogP contribution in [0.15, 0.2) is 30.3 Å². The van der Waals surface area contributed by atoms with Crippen molar-refractivity contribution in [3.63, 3.8) is 0 Å². The van der Waals surface area contributed by atoms with Gasteiger partial charge in [-0.2, -0.15) is 0 Å². The van der Waals surface area contributed by atoms with Crippen LogP contribution in [0.4, 0.5) is 0 Å². The normalized spacial score (nSPS) is 13.4. The lowest BCUT2D eigenvalue weighted by molar-refractivity contribution is -0.146. The molecule has 0 aliphatic heterocycles. The van der Waals surface area contributed by atoms with Crippen molar-refractivity contribution in [3.05, 3.63) is 35.9 Å². The van der Waals surface area contributed by atoms with Crippen molar-refractivity contribution in [1.29, 1.82) is 0 Å². The molecule has 4 heteroatoms. The van der Waals surface area contributed by atoms with Crippen LogP contribution in [0.25, 0.3) is 0 Å². The Kier molecular flexibility index (Phi) is 6.06. The van der Waals surface area contributed by atoms with Crippen LogP contribution in [0.2, 0.25) is 0 Å². The van der Waals surface area contributed by atoms with Crippen LogP contribution >= 0.6 is 0 Å². The first kappa shape index (κ1) is 15.2. The molecule has 0 saturated carbocycles. The average molecular weight is 263 g/mol. The molecule has 2 atom stereocenters. The Bertz CT molecular complexity index is 417. The molecular formula is C15H21NO3. The van der Waals surface area contributed by atoms with Crippen molar-refractivity contribution in [2.45, 2.75) is 32.7 Å². The lowest BCUT2D eigenvalue weighted by atomic mass is 9.99. The van der Waals surface area contributed by atoms with Gasteiger partial charge >= 0.3 is 5.97 Å². The molecule has 0 spiro atoms. The molecule has 1 aromatic carbocycles. The molecule has 1 N–H and O–H groups in total. The number of benzene rings is 1. The third kappa shape index (κ3) is 4.73. The highest BCUT2D eigenvalue weighted by Crippen LogP contribution is 2.10. The van der Waals surface area contributed by atoms with Gasteiger partial charge in [0.2, 0.25) is 5.91 Å². The van der Waals surface area contributed by atoms with E-state index < -0.39 is 12.0 Å². The van der Waals surface area contributed by atoms with Gasteiger partial charge in [0.1, 0.15) is 6.04 Å². The van der Waals surface area contributed by atoms with Crippen molar-refractivity contribution >= 4 is 11.9 Å². The van der Waals surface area contributed by atoms with Crippen molar-refractivity contribution in [2.75, 3.05) is 7.11 Å². The van der Waals surface area contributed by atoms with Gasteiger partial charge in [-0.15, -0.1) is 0 Å². The van der Waals surface area contributed by atoms with E-state index in [-0.39, 0.29) is 18.2 Å². The minimum atomic E-state index is -0.578. The summed E-state index contributed by atoms with van der Waals surface area (Å²) in [5.41, 5.74) is 0.924. The molecule has 0 aliphatic rings. The van der Waals surface area contributed by atoms with Crippen LogP contribution in [0.5, 0.6) is 0 Å². The van der Waals surface area contributed by atoms with Crippen LogP contribution in [0.1, 0.15) is 25.8 Å². The standard InChI is InChI=1S/C15H21NO3/c1-4-11(2)14(15(18)19-3)16-13(17)10-12-8-6-5-7-9-12/h5-9,11,14H,4,10H2,1-3H3,(H,16,17)/t11-,14-/m1/s1. The minimum Gasteiger partial charge on any atom is -0.467 e. The van der Waals surface area contributed by atoms with E-state index in [0.29, 0.717) is 0 Å². The highest BCUT2D eigenvalue weighted by molar-refractivity contribution is 5.85. The molecule has 0 bridgehead atoms. The molecule has 1 rings (SSSR count). The fraction of sp³-hybridized carbons (Fsp3) is 0.467. The SMILES string of the molecule is CC[C@@H](C)[C@@H](NC(=O)Cc1ccccc1)C(=O)OC. The Labute approximate surface area is 114 Å². The molecule has 4 nitrogen and oxygen atoms in total. The van der Waals surface area contributed by atoms with Gasteiger partial charge < -0.3 is 10.1 Å². The van der Waals surface area contributed by atoms with E-state index in [4.69, 9.17) is 4.74 Å². The van der Waals surface area contributed by atoms with Crippen LogP contribution in [-0.4, -0.2) is 25.0 Å². The number of rotatable bonds is 6. The number of nitrogens with one attached hydrogen (secondary N) is 1. The molecular weight excluding hydrogens is 242 g/mol. The van der Waals surface area contributed by atoms with E-state index in [9.17, 15) is 9.59 Å². The smallest absolute Gasteiger partial charge is 0.328 e. The number of ether oxygens (including phenoxy) is 1. The summed E-state index contributed by atoms with van der Waals surface area (Å²) in [5, 5.41) is 2.75. The summed E-state index contributed by atoms with van der Waals surface area (Å²) in [6.07, 6.45) is 1.07. The van der Waals surface area contributed by atoms with Crippen molar-refractivity contribution in [2.24, 2.45) is 5.92 Å². The van der Waals surface area contributed by atoms with Gasteiger partial charge in [0.25, 0.3) is 0 Å². The van der Waals surface area contributed by atoms with Gasteiger partial charge in [-0.05, 0) is 11.5 Å². The van der Waals surface area contributed by atoms with Gasteiger partial charge in [0.05, 0.1) is 13.5 Å². The molecule has 0 unspecified atom stereocenters.